The van der Waals surface area contributed by atoms with Crippen LogP contribution in [0.3, 0.4) is 0 Å². The lowest BCUT2D eigenvalue weighted by Crippen LogP contribution is -2.05. The summed E-state index contributed by atoms with van der Waals surface area (Å²) in [4.78, 5) is 21.8. The van der Waals surface area contributed by atoms with E-state index in [0.717, 1.165) is 38.4 Å². The van der Waals surface area contributed by atoms with E-state index in [0.29, 0.717) is 13.0 Å². The number of hydrogen-bond acceptors (Lipinski definition) is 3. The second kappa shape index (κ2) is 25.2. The summed E-state index contributed by atoms with van der Waals surface area (Å²) in [5, 5.41) is 0. The molecule has 0 fully saturated rings. The third-order valence-corrected chi connectivity index (χ3v) is 5.71. The second-order valence-corrected chi connectivity index (χ2v) is 8.64. The zero-order chi connectivity index (χ0) is 21.3. The normalized spacial score (nSPS) is 10.9. The molecule has 3 nitrogen and oxygen atoms in total. The van der Waals surface area contributed by atoms with Crippen LogP contribution in [0.2, 0.25) is 0 Å². The molecule has 0 rings (SSSR count). The van der Waals surface area contributed by atoms with Crippen molar-refractivity contribution in [2.24, 2.45) is 0 Å². The molecule has 0 amide bonds. The van der Waals surface area contributed by atoms with Crippen LogP contribution in [0.5, 0.6) is 0 Å². The Morgan fingerprint density at radius 2 is 1.00 bits per heavy atom. The molecule has 3 heteroatoms. The fourth-order valence-corrected chi connectivity index (χ4v) is 3.76. The van der Waals surface area contributed by atoms with Gasteiger partial charge in [0, 0.05) is 12.8 Å². The van der Waals surface area contributed by atoms with Crippen LogP contribution in [-0.2, 0) is 14.3 Å². The Kier molecular flexibility index (Phi) is 24.4. The molecule has 29 heavy (non-hydrogen) atoms. The number of esters is 1. The molecule has 0 unspecified atom stereocenters. The van der Waals surface area contributed by atoms with Crippen molar-refractivity contribution in [2.45, 2.75) is 148 Å². The molecule has 0 aromatic heterocycles. The second-order valence-electron chi connectivity index (χ2n) is 8.64. The quantitative estimate of drug-likeness (QED) is 0.0912. The Morgan fingerprint density at radius 1 is 0.586 bits per heavy atom. The third-order valence-electron chi connectivity index (χ3n) is 5.71. The van der Waals surface area contributed by atoms with Crippen molar-refractivity contribution in [3.63, 3.8) is 0 Å². The van der Waals surface area contributed by atoms with Crippen molar-refractivity contribution in [3.05, 3.63) is 0 Å². The van der Waals surface area contributed by atoms with Gasteiger partial charge in [-0.2, -0.15) is 0 Å². The Labute approximate surface area is 181 Å². The molecule has 0 saturated carbocycles. The Bertz CT molecular complexity index is 341. The molecule has 0 aromatic carbocycles. The van der Waals surface area contributed by atoms with E-state index in [4.69, 9.17) is 4.74 Å². The maximum Gasteiger partial charge on any atom is 0.305 e. The molecule has 0 heterocycles. The fourth-order valence-electron chi connectivity index (χ4n) is 3.76. The molecular formula is C26H50O3. The highest BCUT2D eigenvalue weighted by atomic mass is 16.5. The summed E-state index contributed by atoms with van der Waals surface area (Å²) in [6, 6.07) is 0. The molecule has 0 radical (unpaired) electrons. The van der Waals surface area contributed by atoms with Gasteiger partial charge in [0.25, 0.3) is 0 Å². The van der Waals surface area contributed by atoms with Crippen molar-refractivity contribution < 1.29 is 14.3 Å². The van der Waals surface area contributed by atoms with Gasteiger partial charge < -0.3 is 9.53 Å². The summed E-state index contributed by atoms with van der Waals surface area (Å²) < 4.78 is 5.32. The topological polar surface area (TPSA) is 43.4 Å². The van der Waals surface area contributed by atoms with Gasteiger partial charge in [0.2, 0.25) is 0 Å². The lowest BCUT2D eigenvalue weighted by molar-refractivity contribution is -0.143. The van der Waals surface area contributed by atoms with E-state index < -0.39 is 0 Å². The van der Waals surface area contributed by atoms with Gasteiger partial charge in [0.15, 0.2) is 0 Å². The van der Waals surface area contributed by atoms with Crippen LogP contribution in [-0.4, -0.2) is 18.9 Å². The number of unbranched alkanes of at least 4 members (excludes halogenated alkanes) is 19. The first kappa shape index (κ1) is 28.1. The Morgan fingerprint density at radius 3 is 1.48 bits per heavy atom. The highest BCUT2D eigenvalue weighted by Gasteiger charge is 2.02. The fraction of sp³-hybridized carbons (Fsp3) is 0.923. The van der Waals surface area contributed by atoms with E-state index in [1.807, 2.05) is 0 Å². The summed E-state index contributed by atoms with van der Waals surface area (Å²) in [6.07, 6.45) is 27.7. The molecule has 0 saturated heterocycles. The molecule has 172 valence electrons. The van der Waals surface area contributed by atoms with Crippen LogP contribution in [0.1, 0.15) is 148 Å². The Hall–Kier alpha value is -0.860. The predicted molar refractivity (Wildman–Crippen MR) is 124 cm³/mol. The summed E-state index contributed by atoms with van der Waals surface area (Å²) in [5.74, 6) is -0.000559. The predicted octanol–water partition coefficient (Wildman–Crippen LogP) is 8.33. The van der Waals surface area contributed by atoms with E-state index >= 15 is 0 Å². The van der Waals surface area contributed by atoms with E-state index in [1.165, 1.54) is 103 Å². The van der Waals surface area contributed by atoms with E-state index in [1.54, 1.807) is 0 Å². The number of ether oxygens (including phenoxy) is 1. The van der Waals surface area contributed by atoms with Gasteiger partial charge in [-0.25, -0.2) is 0 Å². The first-order chi connectivity index (χ1) is 14.3. The van der Waals surface area contributed by atoms with Gasteiger partial charge in [-0.15, -0.1) is 0 Å². The van der Waals surface area contributed by atoms with Gasteiger partial charge in [0.05, 0.1) is 6.61 Å². The Balaban J connectivity index is 3.09. The lowest BCUT2D eigenvalue weighted by Gasteiger charge is -2.05. The minimum Gasteiger partial charge on any atom is -0.466 e. The highest BCUT2D eigenvalue weighted by molar-refractivity contribution is 5.69. The van der Waals surface area contributed by atoms with Crippen LogP contribution in [0, 0.1) is 0 Å². The van der Waals surface area contributed by atoms with Gasteiger partial charge >= 0.3 is 5.97 Å². The summed E-state index contributed by atoms with van der Waals surface area (Å²) in [5.41, 5.74) is 0. The van der Waals surface area contributed by atoms with E-state index in [2.05, 4.69) is 6.92 Å². The molecule has 0 aliphatic rings. The van der Waals surface area contributed by atoms with Gasteiger partial charge in [-0.05, 0) is 19.3 Å². The number of carbonyl (C=O) groups is 2. The third kappa shape index (κ3) is 25.1. The minimum absolute atomic E-state index is 0.000559. The smallest absolute Gasteiger partial charge is 0.305 e. The minimum atomic E-state index is -0.000559. The average molecular weight is 411 g/mol. The number of rotatable bonds is 24. The van der Waals surface area contributed by atoms with Gasteiger partial charge in [-0.1, -0.05) is 116 Å². The van der Waals surface area contributed by atoms with Crippen LogP contribution < -0.4 is 0 Å². The average Bonchev–Trinajstić information content (AvgIpc) is 2.72. The summed E-state index contributed by atoms with van der Waals surface area (Å²) in [6.45, 7) is 2.82. The first-order valence-electron chi connectivity index (χ1n) is 12.9. The highest BCUT2D eigenvalue weighted by Crippen LogP contribution is 2.13. The van der Waals surface area contributed by atoms with Crippen LogP contribution in [0.15, 0.2) is 0 Å². The van der Waals surface area contributed by atoms with Crippen molar-refractivity contribution in [1.29, 1.82) is 0 Å². The van der Waals surface area contributed by atoms with Gasteiger partial charge in [0.1, 0.15) is 6.29 Å². The maximum atomic E-state index is 11.6. The first-order valence-corrected chi connectivity index (χ1v) is 12.9. The molecule has 0 atom stereocenters. The number of aldehydes is 1. The van der Waals surface area contributed by atoms with Crippen molar-refractivity contribution in [1.82, 2.24) is 0 Å². The molecule has 0 N–H and O–H groups in total. The monoisotopic (exact) mass is 410 g/mol. The molecular weight excluding hydrogens is 360 g/mol. The van der Waals surface area contributed by atoms with E-state index in [9.17, 15) is 9.59 Å². The summed E-state index contributed by atoms with van der Waals surface area (Å²) >= 11 is 0. The molecule has 0 bridgehead atoms. The van der Waals surface area contributed by atoms with Crippen molar-refractivity contribution in [3.8, 4) is 0 Å². The number of carbonyl (C=O) groups excluding carboxylic acids is 2. The SMILES string of the molecule is CCCCCCCC(=O)OCCCCCCCCCCCCCCCCCC=O. The zero-order valence-corrected chi connectivity index (χ0v) is 19.6. The molecule has 0 aromatic rings. The molecule has 0 aliphatic heterocycles. The molecule has 0 aliphatic carbocycles. The van der Waals surface area contributed by atoms with Crippen LogP contribution >= 0.6 is 0 Å². The largest absolute Gasteiger partial charge is 0.466 e. The van der Waals surface area contributed by atoms with Crippen molar-refractivity contribution >= 4 is 12.3 Å². The lowest BCUT2D eigenvalue weighted by atomic mass is 10.0. The van der Waals surface area contributed by atoms with Gasteiger partial charge in [-0.3, -0.25) is 4.79 Å². The molecule has 0 spiro atoms. The van der Waals surface area contributed by atoms with Crippen LogP contribution in [0.25, 0.3) is 0 Å². The number of hydrogen-bond donors (Lipinski definition) is 0. The van der Waals surface area contributed by atoms with Crippen LogP contribution in [0.4, 0.5) is 0 Å². The maximum absolute atomic E-state index is 11.6. The zero-order valence-electron chi connectivity index (χ0n) is 19.6. The van der Waals surface area contributed by atoms with E-state index in [-0.39, 0.29) is 5.97 Å². The standard InChI is InChI=1S/C26H50O3/c1-2-3-4-17-20-23-26(28)29-25-22-19-16-14-12-10-8-6-5-7-9-11-13-15-18-21-24-27/h24H,2-23,25H2,1H3. The van der Waals surface area contributed by atoms with Crippen molar-refractivity contribution in [2.75, 3.05) is 6.61 Å². The summed E-state index contributed by atoms with van der Waals surface area (Å²) in [7, 11) is 0.